The molecule has 0 spiro atoms. The Morgan fingerprint density at radius 2 is 2.27 bits per heavy atom. The molecule has 1 fully saturated rings. The molecule has 0 radical (unpaired) electrons. The van der Waals surface area contributed by atoms with Gasteiger partial charge in [0.2, 0.25) is 10.0 Å². The highest BCUT2D eigenvalue weighted by molar-refractivity contribution is 7.89. The molecule has 1 aliphatic rings. The molecule has 0 aromatic rings. The summed E-state index contributed by atoms with van der Waals surface area (Å²) in [5, 5.41) is 16.4. The molecule has 1 aliphatic heterocycles. The molecule has 1 atom stereocenters. The summed E-state index contributed by atoms with van der Waals surface area (Å²) in [6.45, 7) is 1.03. The van der Waals surface area contributed by atoms with Gasteiger partial charge in [0.1, 0.15) is 0 Å². The standard InChI is InChI=1S/C4H11N3O3S/c5-11(9,10)4-3-6-1-2-7(4)8/h4,6,8H,1-3H2,(H2,5,9,10). The molecule has 4 N–H and O–H groups in total. The Balaban J connectivity index is 2.70. The molecule has 0 aromatic carbocycles. The van der Waals surface area contributed by atoms with Crippen molar-refractivity contribution in [2.45, 2.75) is 5.37 Å². The van der Waals surface area contributed by atoms with Gasteiger partial charge in [0.25, 0.3) is 0 Å². The number of nitrogens with one attached hydrogen (secondary N) is 1. The van der Waals surface area contributed by atoms with Crippen molar-refractivity contribution in [3.8, 4) is 0 Å². The summed E-state index contributed by atoms with van der Waals surface area (Å²) < 4.78 is 21.5. The van der Waals surface area contributed by atoms with Gasteiger partial charge in [0.15, 0.2) is 5.37 Å². The van der Waals surface area contributed by atoms with E-state index in [0.29, 0.717) is 6.54 Å². The Labute approximate surface area is 65.0 Å². The first-order valence-electron chi connectivity index (χ1n) is 3.19. The van der Waals surface area contributed by atoms with Crippen LogP contribution in [0, 0.1) is 0 Å². The predicted octanol–water partition coefficient (Wildman–Crippen LogP) is -2.10. The number of rotatable bonds is 1. The summed E-state index contributed by atoms with van der Waals surface area (Å²) in [4.78, 5) is 0. The summed E-state index contributed by atoms with van der Waals surface area (Å²) in [6.07, 6.45) is 0. The molecule has 1 saturated heterocycles. The van der Waals surface area contributed by atoms with Crippen molar-refractivity contribution in [1.29, 1.82) is 0 Å². The lowest BCUT2D eigenvalue weighted by molar-refractivity contribution is -0.112. The van der Waals surface area contributed by atoms with Gasteiger partial charge in [-0.25, -0.2) is 13.6 Å². The molecule has 7 heteroatoms. The summed E-state index contributed by atoms with van der Waals surface area (Å²) in [7, 11) is -3.66. The molecule has 6 nitrogen and oxygen atoms in total. The zero-order chi connectivity index (χ0) is 8.48. The highest BCUT2D eigenvalue weighted by atomic mass is 32.2. The van der Waals surface area contributed by atoms with Crippen LogP contribution in [0.2, 0.25) is 0 Å². The van der Waals surface area contributed by atoms with E-state index in [2.05, 4.69) is 5.32 Å². The van der Waals surface area contributed by atoms with E-state index in [1.54, 1.807) is 0 Å². The molecule has 0 aliphatic carbocycles. The van der Waals surface area contributed by atoms with Gasteiger partial charge in [-0.05, 0) is 0 Å². The number of hydroxylamine groups is 2. The van der Waals surface area contributed by atoms with E-state index in [0.717, 1.165) is 5.06 Å². The third kappa shape index (κ3) is 2.11. The predicted molar refractivity (Wildman–Crippen MR) is 38.3 cm³/mol. The van der Waals surface area contributed by atoms with Crippen LogP contribution < -0.4 is 10.5 Å². The zero-order valence-electron chi connectivity index (χ0n) is 5.90. The maximum Gasteiger partial charge on any atom is 0.228 e. The van der Waals surface area contributed by atoms with Crippen molar-refractivity contribution in [3.05, 3.63) is 0 Å². The van der Waals surface area contributed by atoms with E-state index < -0.39 is 15.4 Å². The second kappa shape index (κ2) is 3.03. The van der Waals surface area contributed by atoms with Crippen molar-refractivity contribution in [3.63, 3.8) is 0 Å². The summed E-state index contributed by atoms with van der Waals surface area (Å²) in [6, 6.07) is 0. The minimum absolute atomic E-state index is 0.176. The van der Waals surface area contributed by atoms with Crippen LogP contribution >= 0.6 is 0 Å². The minimum atomic E-state index is -3.66. The second-order valence-electron chi connectivity index (χ2n) is 2.41. The van der Waals surface area contributed by atoms with Gasteiger partial charge < -0.3 is 10.5 Å². The van der Waals surface area contributed by atoms with Crippen molar-refractivity contribution >= 4 is 10.0 Å². The smallest absolute Gasteiger partial charge is 0.228 e. The number of sulfonamides is 1. The van der Waals surface area contributed by atoms with E-state index >= 15 is 0 Å². The molecule has 0 saturated carbocycles. The maximum atomic E-state index is 10.7. The molecular formula is C4H11N3O3S. The lowest BCUT2D eigenvalue weighted by Gasteiger charge is -2.28. The third-order valence-electron chi connectivity index (χ3n) is 1.55. The van der Waals surface area contributed by atoms with Crippen molar-refractivity contribution in [1.82, 2.24) is 10.4 Å². The van der Waals surface area contributed by atoms with Gasteiger partial charge in [0.05, 0.1) is 0 Å². The highest BCUT2D eigenvalue weighted by Gasteiger charge is 2.29. The van der Waals surface area contributed by atoms with Crippen LogP contribution in [-0.4, -0.2) is 43.7 Å². The summed E-state index contributed by atoms with van der Waals surface area (Å²) in [5.74, 6) is 0. The van der Waals surface area contributed by atoms with Crippen LogP contribution in [0.4, 0.5) is 0 Å². The van der Waals surface area contributed by atoms with Crippen molar-refractivity contribution in [2.75, 3.05) is 19.6 Å². The number of hydrogen-bond donors (Lipinski definition) is 3. The molecule has 0 bridgehead atoms. The first-order chi connectivity index (χ1) is 5.02. The maximum absolute atomic E-state index is 10.7. The topological polar surface area (TPSA) is 95.7 Å². The normalized spacial score (nSPS) is 28.7. The number of hydrogen-bond acceptors (Lipinski definition) is 5. The van der Waals surface area contributed by atoms with Crippen LogP contribution in [0.5, 0.6) is 0 Å². The second-order valence-corrected chi connectivity index (χ2v) is 4.13. The number of primary sulfonamides is 1. The number of nitrogens with two attached hydrogens (primary N) is 1. The van der Waals surface area contributed by atoms with E-state index in [1.807, 2.05) is 0 Å². The molecular weight excluding hydrogens is 170 g/mol. The fourth-order valence-electron chi connectivity index (χ4n) is 0.954. The first kappa shape index (κ1) is 8.88. The third-order valence-corrected chi connectivity index (χ3v) is 2.72. The van der Waals surface area contributed by atoms with Gasteiger partial charge in [-0.15, -0.1) is 0 Å². The van der Waals surface area contributed by atoms with Gasteiger partial charge in [-0.3, -0.25) is 0 Å². The first-order valence-corrected chi connectivity index (χ1v) is 4.80. The SMILES string of the molecule is NS(=O)(=O)C1CNCCN1O. The minimum Gasteiger partial charge on any atom is -0.313 e. The Kier molecular flexibility index (Phi) is 2.45. The van der Waals surface area contributed by atoms with E-state index in [4.69, 9.17) is 10.3 Å². The quantitative estimate of drug-likeness (QED) is 0.430. The van der Waals surface area contributed by atoms with Crippen molar-refractivity contribution < 1.29 is 13.6 Å². The number of piperazine rings is 1. The Morgan fingerprint density at radius 3 is 2.64 bits per heavy atom. The van der Waals surface area contributed by atoms with Crippen LogP contribution in [0.1, 0.15) is 0 Å². The van der Waals surface area contributed by atoms with Gasteiger partial charge >= 0.3 is 0 Å². The van der Waals surface area contributed by atoms with Crippen LogP contribution in [0.25, 0.3) is 0 Å². The molecule has 1 unspecified atom stereocenters. The van der Waals surface area contributed by atoms with Crippen molar-refractivity contribution in [2.24, 2.45) is 5.14 Å². The summed E-state index contributed by atoms with van der Waals surface area (Å²) in [5.41, 5.74) is 0. The largest absolute Gasteiger partial charge is 0.313 e. The van der Waals surface area contributed by atoms with Crippen LogP contribution in [0.3, 0.4) is 0 Å². The zero-order valence-corrected chi connectivity index (χ0v) is 6.71. The van der Waals surface area contributed by atoms with E-state index in [-0.39, 0.29) is 13.1 Å². The Morgan fingerprint density at radius 1 is 1.64 bits per heavy atom. The molecule has 0 aromatic heterocycles. The van der Waals surface area contributed by atoms with E-state index in [1.165, 1.54) is 0 Å². The highest BCUT2D eigenvalue weighted by Crippen LogP contribution is 2.03. The molecule has 1 rings (SSSR count). The molecule has 11 heavy (non-hydrogen) atoms. The summed E-state index contributed by atoms with van der Waals surface area (Å²) >= 11 is 0. The number of nitrogens with zero attached hydrogens (tertiary/aromatic N) is 1. The van der Waals surface area contributed by atoms with Crippen LogP contribution in [-0.2, 0) is 10.0 Å². The monoisotopic (exact) mass is 181 g/mol. The van der Waals surface area contributed by atoms with Gasteiger partial charge in [0, 0.05) is 19.6 Å². The lowest BCUT2D eigenvalue weighted by atomic mass is 10.4. The lowest BCUT2D eigenvalue weighted by Crippen LogP contribution is -2.55. The Bertz CT molecular complexity index is 227. The average Bonchev–Trinajstić information content (AvgIpc) is 1.86. The van der Waals surface area contributed by atoms with Crippen LogP contribution in [0.15, 0.2) is 0 Å². The Hall–Kier alpha value is -0.210. The average molecular weight is 181 g/mol. The molecule has 0 amide bonds. The van der Waals surface area contributed by atoms with E-state index in [9.17, 15) is 8.42 Å². The fraction of sp³-hybridized carbons (Fsp3) is 1.00. The fourth-order valence-corrected chi connectivity index (χ4v) is 1.75. The molecule has 66 valence electrons. The van der Waals surface area contributed by atoms with Gasteiger partial charge in [-0.2, -0.15) is 5.06 Å². The van der Waals surface area contributed by atoms with Gasteiger partial charge in [-0.1, -0.05) is 0 Å². The molecule has 1 heterocycles.